The SMILES string of the molecule is NC(=O)c1c(NC(=O)c2ccc([N+](=O)[O-])s2)sc2c1CCC2. The van der Waals surface area contributed by atoms with E-state index in [2.05, 4.69) is 5.32 Å². The Bertz CT molecular complexity index is 793. The van der Waals surface area contributed by atoms with Crippen molar-refractivity contribution in [3.05, 3.63) is 43.1 Å². The molecule has 0 fully saturated rings. The second kappa shape index (κ2) is 5.50. The number of rotatable bonds is 4. The molecule has 3 N–H and O–H groups in total. The molecule has 2 aromatic heterocycles. The van der Waals surface area contributed by atoms with Crippen LogP contribution in [0.2, 0.25) is 0 Å². The number of nitro groups is 1. The van der Waals surface area contributed by atoms with E-state index in [4.69, 9.17) is 5.73 Å². The number of anilines is 1. The van der Waals surface area contributed by atoms with Crippen molar-refractivity contribution in [3.8, 4) is 0 Å². The highest BCUT2D eigenvalue weighted by molar-refractivity contribution is 7.18. The molecule has 2 amide bonds. The summed E-state index contributed by atoms with van der Waals surface area (Å²) in [5.41, 5.74) is 6.71. The molecule has 22 heavy (non-hydrogen) atoms. The minimum absolute atomic E-state index is 0.103. The molecule has 0 saturated carbocycles. The molecule has 2 heterocycles. The summed E-state index contributed by atoms with van der Waals surface area (Å²) in [6.45, 7) is 0. The number of carbonyl (C=O) groups excluding carboxylic acids is 2. The van der Waals surface area contributed by atoms with Crippen LogP contribution in [0.15, 0.2) is 12.1 Å². The molecule has 3 rings (SSSR count). The topological polar surface area (TPSA) is 115 Å². The molecule has 0 radical (unpaired) electrons. The summed E-state index contributed by atoms with van der Waals surface area (Å²) in [5, 5.41) is 13.6. The van der Waals surface area contributed by atoms with Crippen molar-refractivity contribution in [2.75, 3.05) is 5.32 Å². The zero-order valence-electron chi connectivity index (χ0n) is 11.3. The summed E-state index contributed by atoms with van der Waals surface area (Å²) >= 11 is 2.14. The molecule has 0 aromatic carbocycles. The van der Waals surface area contributed by atoms with E-state index >= 15 is 0 Å². The molecule has 9 heteroatoms. The smallest absolute Gasteiger partial charge is 0.324 e. The van der Waals surface area contributed by atoms with Crippen LogP contribution in [0.4, 0.5) is 10.0 Å². The van der Waals surface area contributed by atoms with E-state index in [1.807, 2.05) is 0 Å². The Balaban J connectivity index is 1.88. The summed E-state index contributed by atoms with van der Waals surface area (Å²) in [6.07, 6.45) is 2.64. The highest BCUT2D eigenvalue weighted by Crippen LogP contribution is 2.39. The van der Waals surface area contributed by atoms with Crippen molar-refractivity contribution in [1.82, 2.24) is 0 Å². The maximum absolute atomic E-state index is 12.2. The lowest BCUT2D eigenvalue weighted by Crippen LogP contribution is -2.17. The van der Waals surface area contributed by atoms with Gasteiger partial charge in [-0.25, -0.2) is 0 Å². The molecule has 2 aromatic rings. The zero-order valence-corrected chi connectivity index (χ0v) is 12.9. The van der Waals surface area contributed by atoms with E-state index in [9.17, 15) is 19.7 Å². The van der Waals surface area contributed by atoms with Crippen molar-refractivity contribution in [1.29, 1.82) is 0 Å². The van der Waals surface area contributed by atoms with E-state index in [1.165, 1.54) is 23.5 Å². The molecule has 0 bridgehead atoms. The first-order chi connectivity index (χ1) is 10.5. The largest absolute Gasteiger partial charge is 0.365 e. The molecule has 114 valence electrons. The number of carbonyl (C=O) groups is 2. The Kier molecular flexibility index (Phi) is 3.67. The van der Waals surface area contributed by atoms with Crippen LogP contribution in [0.5, 0.6) is 0 Å². The molecular weight excluding hydrogens is 326 g/mol. The molecule has 0 saturated heterocycles. The van der Waals surface area contributed by atoms with Gasteiger partial charge in [0, 0.05) is 10.9 Å². The Labute approximate surface area is 132 Å². The molecule has 1 aliphatic rings. The van der Waals surface area contributed by atoms with Gasteiger partial charge < -0.3 is 11.1 Å². The number of hydrogen-bond acceptors (Lipinski definition) is 6. The number of nitrogens with zero attached hydrogens (tertiary/aromatic N) is 1. The van der Waals surface area contributed by atoms with Crippen LogP contribution < -0.4 is 11.1 Å². The molecular formula is C13H11N3O4S2. The number of aryl methyl sites for hydroxylation is 1. The molecule has 0 atom stereocenters. The standard InChI is InChI=1S/C13H11N3O4S2/c14-11(17)10-6-2-1-3-7(6)22-13(10)15-12(18)8-4-5-9(21-8)16(19)20/h4-5H,1-3H2,(H2,14,17)(H,15,18). The first-order valence-corrected chi connectivity index (χ1v) is 8.10. The van der Waals surface area contributed by atoms with Gasteiger partial charge in [-0.05, 0) is 30.9 Å². The first-order valence-electron chi connectivity index (χ1n) is 6.47. The van der Waals surface area contributed by atoms with Gasteiger partial charge in [0.15, 0.2) is 0 Å². The van der Waals surface area contributed by atoms with Gasteiger partial charge in [0.05, 0.1) is 15.4 Å². The number of thiophene rings is 2. The van der Waals surface area contributed by atoms with E-state index in [0.717, 1.165) is 41.0 Å². The third-order valence-corrected chi connectivity index (χ3v) is 5.63. The van der Waals surface area contributed by atoms with Crippen molar-refractivity contribution in [2.45, 2.75) is 19.3 Å². The van der Waals surface area contributed by atoms with Gasteiger partial charge in [-0.2, -0.15) is 0 Å². The van der Waals surface area contributed by atoms with Crippen molar-refractivity contribution < 1.29 is 14.5 Å². The van der Waals surface area contributed by atoms with Crippen molar-refractivity contribution in [3.63, 3.8) is 0 Å². The fourth-order valence-electron chi connectivity index (χ4n) is 2.47. The minimum atomic E-state index is -0.563. The number of nitrogens with one attached hydrogen (secondary N) is 1. The van der Waals surface area contributed by atoms with Gasteiger partial charge in [0.25, 0.3) is 11.8 Å². The van der Waals surface area contributed by atoms with E-state index < -0.39 is 16.7 Å². The fraction of sp³-hybridized carbons (Fsp3) is 0.231. The molecule has 0 aliphatic heterocycles. The van der Waals surface area contributed by atoms with Crippen LogP contribution in [-0.4, -0.2) is 16.7 Å². The van der Waals surface area contributed by atoms with Crippen LogP contribution in [-0.2, 0) is 12.8 Å². The first kappa shape index (κ1) is 14.7. The quantitative estimate of drug-likeness (QED) is 0.659. The Morgan fingerprint density at radius 2 is 2.05 bits per heavy atom. The van der Waals surface area contributed by atoms with Crippen molar-refractivity contribution >= 4 is 44.5 Å². The lowest BCUT2D eigenvalue weighted by Gasteiger charge is -2.04. The minimum Gasteiger partial charge on any atom is -0.365 e. The summed E-state index contributed by atoms with van der Waals surface area (Å²) < 4.78 is 0. The monoisotopic (exact) mass is 337 g/mol. The third kappa shape index (κ3) is 2.48. The average molecular weight is 337 g/mol. The normalized spacial score (nSPS) is 12.9. The molecule has 0 unspecified atom stereocenters. The predicted molar refractivity (Wildman–Crippen MR) is 83.8 cm³/mol. The van der Waals surface area contributed by atoms with Gasteiger partial charge >= 0.3 is 5.00 Å². The fourth-order valence-corrected chi connectivity index (χ4v) is 4.47. The van der Waals surface area contributed by atoms with Crippen LogP contribution >= 0.6 is 22.7 Å². The highest BCUT2D eigenvalue weighted by atomic mass is 32.1. The maximum Gasteiger partial charge on any atom is 0.324 e. The second-order valence-corrected chi connectivity index (χ2v) is 6.94. The number of nitrogens with two attached hydrogens (primary N) is 1. The Morgan fingerprint density at radius 1 is 1.27 bits per heavy atom. The number of hydrogen-bond donors (Lipinski definition) is 2. The Morgan fingerprint density at radius 3 is 2.68 bits per heavy atom. The van der Waals surface area contributed by atoms with Gasteiger partial charge in [0.1, 0.15) is 5.00 Å². The molecule has 7 nitrogen and oxygen atoms in total. The molecule has 0 spiro atoms. The van der Waals surface area contributed by atoms with E-state index in [-0.39, 0.29) is 9.88 Å². The summed E-state index contributed by atoms with van der Waals surface area (Å²) in [5.74, 6) is -1.03. The maximum atomic E-state index is 12.2. The van der Waals surface area contributed by atoms with Crippen LogP contribution in [0.1, 0.15) is 36.9 Å². The number of primary amides is 1. The summed E-state index contributed by atoms with van der Waals surface area (Å²) in [6, 6.07) is 2.67. The predicted octanol–water partition coefficient (Wildman–Crippen LogP) is 2.56. The summed E-state index contributed by atoms with van der Waals surface area (Å²) in [7, 11) is 0. The number of fused-ring (bicyclic) bond motifs is 1. The average Bonchev–Trinajstić information content (AvgIpc) is 3.12. The van der Waals surface area contributed by atoms with Gasteiger partial charge in [-0.3, -0.25) is 19.7 Å². The third-order valence-electron chi connectivity index (χ3n) is 3.39. The van der Waals surface area contributed by atoms with Gasteiger partial charge in [-0.15, -0.1) is 11.3 Å². The van der Waals surface area contributed by atoms with E-state index in [1.54, 1.807) is 0 Å². The zero-order chi connectivity index (χ0) is 15.9. The second-order valence-electron chi connectivity index (χ2n) is 4.77. The Hall–Kier alpha value is -2.26. The highest BCUT2D eigenvalue weighted by Gasteiger charge is 2.26. The van der Waals surface area contributed by atoms with Crippen LogP contribution in [0.25, 0.3) is 0 Å². The lowest BCUT2D eigenvalue weighted by molar-refractivity contribution is -0.380. The number of amides is 2. The van der Waals surface area contributed by atoms with Crippen LogP contribution in [0.3, 0.4) is 0 Å². The summed E-state index contributed by atoms with van der Waals surface area (Å²) in [4.78, 5) is 35.2. The van der Waals surface area contributed by atoms with Crippen LogP contribution in [0, 0.1) is 10.1 Å². The van der Waals surface area contributed by atoms with E-state index in [0.29, 0.717) is 10.6 Å². The van der Waals surface area contributed by atoms with Gasteiger partial charge in [0.2, 0.25) is 0 Å². The lowest BCUT2D eigenvalue weighted by atomic mass is 10.1. The van der Waals surface area contributed by atoms with Gasteiger partial charge in [-0.1, -0.05) is 11.3 Å². The molecule has 1 aliphatic carbocycles. The van der Waals surface area contributed by atoms with Crippen molar-refractivity contribution in [2.24, 2.45) is 5.73 Å².